The van der Waals surface area contributed by atoms with Crippen LogP contribution in [0.15, 0.2) is 42.5 Å². The lowest BCUT2D eigenvalue weighted by molar-refractivity contribution is -0.125. The van der Waals surface area contributed by atoms with E-state index in [4.69, 9.17) is 14.7 Å². The highest BCUT2D eigenvalue weighted by Crippen LogP contribution is 2.28. The van der Waals surface area contributed by atoms with Gasteiger partial charge in [-0.3, -0.25) is 4.79 Å². The van der Waals surface area contributed by atoms with Crippen LogP contribution in [0.2, 0.25) is 0 Å². The van der Waals surface area contributed by atoms with E-state index < -0.39 is 0 Å². The quantitative estimate of drug-likeness (QED) is 0.699. The third kappa shape index (κ3) is 5.61. The van der Waals surface area contributed by atoms with Crippen molar-refractivity contribution >= 4 is 12.0 Å². The van der Waals surface area contributed by atoms with Crippen molar-refractivity contribution in [1.82, 2.24) is 4.90 Å². The van der Waals surface area contributed by atoms with Crippen LogP contribution in [-0.4, -0.2) is 31.6 Å². The van der Waals surface area contributed by atoms with E-state index in [0.29, 0.717) is 18.0 Å². The molecule has 140 valence electrons. The van der Waals surface area contributed by atoms with E-state index in [2.05, 4.69) is 32.0 Å². The van der Waals surface area contributed by atoms with Crippen LogP contribution in [0.5, 0.6) is 11.5 Å². The molecular weight excluding hydrogens is 340 g/mol. The largest absolute Gasteiger partial charge is 0.493 e. The molecule has 27 heavy (non-hydrogen) atoms. The fourth-order valence-corrected chi connectivity index (χ4v) is 2.67. The standard InChI is InChI=1S/C22H24N2O3/c1-16-5-8-19(17(2)13-16)15-24(3)22(25)10-7-18-6-9-20(27-12-11-23)21(14-18)26-4/h5-10,13-14H,12,15H2,1-4H3/b10-7+. The fourth-order valence-electron chi connectivity index (χ4n) is 2.67. The Morgan fingerprint density at radius 3 is 2.63 bits per heavy atom. The number of aryl methyl sites for hydroxylation is 2. The average Bonchev–Trinajstić information content (AvgIpc) is 2.66. The topological polar surface area (TPSA) is 62.6 Å². The second-order valence-electron chi connectivity index (χ2n) is 6.31. The lowest BCUT2D eigenvalue weighted by atomic mass is 10.1. The molecule has 0 unspecified atom stereocenters. The van der Waals surface area contributed by atoms with Crippen molar-refractivity contribution in [3.8, 4) is 17.6 Å². The van der Waals surface area contributed by atoms with Crippen LogP contribution in [0.3, 0.4) is 0 Å². The second-order valence-corrected chi connectivity index (χ2v) is 6.31. The molecule has 0 aliphatic heterocycles. The van der Waals surface area contributed by atoms with Crippen LogP contribution in [0.4, 0.5) is 0 Å². The Morgan fingerprint density at radius 1 is 1.19 bits per heavy atom. The number of nitrogens with zero attached hydrogens (tertiary/aromatic N) is 2. The maximum atomic E-state index is 12.4. The van der Waals surface area contributed by atoms with Crippen molar-refractivity contribution in [2.24, 2.45) is 0 Å². The van der Waals surface area contributed by atoms with E-state index in [0.717, 1.165) is 11.1 Å². The summed E-state index contributed by atoms with van der Waals surface area (Å²) in [5.74, 6) is 0.928. The van der Waals surface area contributed by atoms with Crippen LogP contribution >= 0.6 is 0 Å². The summed E-state index contributed by atoms with van der Waals surface area (Å²) in [5, 5.41) is 8.61. The summed E-state index contributed by atoms with van der Waals surface area (Å²) in [7, 11) is 3.32. The normalized spacial score (nSPS) is 10.5. The minimum absolute atomic E-state index is 0.0484. The van der Waals surface area contributed by atoms with Gasteiger partial charge < -0.3 is 14.4 Å². The van der Waals surface area contributed by atoms with Gasteiger partial charge in [0.25, 0.3) is 0 Å². The van der Waals surface area contributed by atoms with Gasteiger partial charge >= 0.3 is 0 Å². The lowest BCUT2D eigenvalue weighted by Crippen LogP contribution is -2.24. The molecule has 5 heteroatoms. The first-order valence-corrected chi connectivity index (χ1v) is 8.61. The van der Waals surface area contributed by atoms with Crippen LogP contribution in [-0.2, 0) is 11.3 Å². The van der Waals surface area contributed by atoms with Gasteiger partial charge in [-0.25, -0.2) is 0 Å². The molecule has 5 nitrogen and oxygen atoms in total. The summed E-state index contributed by atoms with van der Waals surface area (Å²) < 4.78 is 10.6. The molecule has 0 spiro atoms. The van der Waals surface area contributed by atoms with Crippen molar-refractivity contribution in [1.29, 1.82) is 5.26 Å². The van der Waals surface area contributed by atoms with Gasteiger partial charge in [0.05, 0.1) is 7.11 Å². The zero-order chi connectivity index (χ0) is 19.8. The Bertz CT molecular complexity index is 882. The van der Waals surface area contributed by atoms with Crippen LogP contribution in [0.25, 0.3) is 6.08 Å². The number of ether oxygens (including phenoxy) is 2. The molecule has 0 bridgehead atoms. The van der Waals surface area contributed by atoms with Crippen molar-refractivity contribution in [3.63, 3.8) is 0 Å². The zero-order valence-corrected chi connectivity index (χ0v) is 16.2. The summed E-state index contributed by atoms with van der Waals surface area (Å²) in [4.78, 5) is 14.1. The summed E-state index contributed by atoms with van der Waals surface area (Å²) in [6, 6.07) is 13.4. The SMILES string of the molecule is COc1cc(/C=C/C(=O)N(C)Cc2ccc(C)cc2C)ccc1OCC#N. The van der Waals surface area contributed by atoms with E-state index in [1.165, 1.54) is 24.3 Å². The summed E-state index contributed by atoms with van der Waals surface area (Å²) in [6.07, 6.45) is 3.27. The Balaban J connectivity index is 2.05. The molecule has 2 aromatic rings. The number of hydrogen-bond donors (Lipinski definition) is 0. The molecule has 0 saturated heterocycles. The number of benzene rings is 2. The van der Waals surface area contributed by atoms with Gasteiger partial charge in [0, 0.05) is 19.7 Å². The third-order valence-corrected chi connectivity index (χ3v) is 4.18. The number of likely N-dealkylation sites (N-methyl/N-ethyl adjacent to an activating group) is 1. The highest BCUT2D eigenvalue weighted by molar-refractivity contribution is 5.91. The second kappa shape index (κ2) is 9.44. The first-order valence-electron chi connectivity index (χ1n) is 8.61. The van der Waals surface area contributed by atoms with Crippen LogP contribution in [0.1, 0.15) is 22.3 Å². The molecular formula is C22H24N2O3. The van der Waals surface area contributed by atoms with E-state index in [1.807, 2.05) is 12.1 Å². The van der Waals surface area contributed by atoms with Crippen molar-refractivity contribution in [2.45, 2.75) is 20.4 Å². The molecule has 0 aliphatic rings. The molecule has 2 rings (SSSR count). The first kappa shape index (κ1) is 20.1. The van der Waals surface area contributed by atoms with Gasteiger partial charge in [-0.15, -0.1) is 0 Å². The van der Waals surface area contributed by atoms with Crippen molar-refractivity contribution < 1.29 is 14.3 Å². The summed E-state index contributed by atoms with van der Waals surface area (Å²) >= 11 is 0. The Hall–Kier alpha value is -3.26. The maximum absolute atomic E-state index is 12.4. The third-order valence-electron chi connectivity index (χ3n) is 4.18. The lowest BCUT2D eigenvalue weighted by Gasteiger charge is -2.17. The van der Waals surface area contributed by atoms with Crippen molar-refractivity contribution in [2.75, 3.05) is 20.8 Å². The molecule has 0 N–H and O–H groups in total. The number of carbonyl (C=O) groups is 1. The number of carbonyl (C=O) groups excluding carboxylic acids is 1. The molecule has 1 amide bonds. The minimum atomic E-state index is -0.0845. The number of hydrogen-bond acceptors (Lipinski definition) is 4. The predicted molar refractivity (Wildman–Crippen MR) is 106 cm³/mol. The number of rotatable bonds is 7. The van der Waals surface area contributed by atoms with Crippen LogP contribution < -0.4 is 9.47 Å². The van der Waals surface area contributed by atoms with E-state index in [-0.39, 0.29) is 12.5 Å². The summed E-state index contributed by atoms with van der Waals surface area (Å²) in [5.41, 5.74) is 4.33. The summed E-state index contributed by atoms with van der Waals surface area (Å²) in [6.45, 7) is 4.62. The molecule has 0 aromatic heterocycles. The first-order chi connectivity index (χ1) is 12.9. The number of nitriles is 1. The van der Waals surface area contributed by atoms with Gasteiger partial charge in [0.15, 0.2) is 18.1 Å². The number of amides is 1. The molecule has 0 aliphatic carbocycles. The fraction of sp³-hybridized carbons (Fsp3) is 0.273. The van der Waals surface area contributed by atoms with Gasteiger partial charge in [0.2, 0.25) is 5.91 Å². The molecule has 0 atom stereocenters. The van der Waals surface area contributed by atoms with Crippen molar-refractivity contribution in [3.05, 3.63) is 64.7 Å². The van der Waals surface area contributed by atoms with Crippen LogP contribution in [0, 0.1) is 25.2 Å². The Labute approximate surface area is 160 Å². The van der Waals surface area contributed by atoms with Gasteiger partial charge in [-0.05, 0) is 48.7 Å². The maximum Gasteiger partial charge on any atom is 0.246 e. The molecule has 0 fully saturated rings. The smallest absolute Gasteiger partial charge is 0.246 e. The molecule has 0 radical (unpaired) electrons. The average molecular weight is 364 g/mol. The van der Waals surface area contributed by atoms with Gasteiger partial charge in [0.1, 0.15) is 6.07 Å². The van der Waals surface area contributed by atoms with E-state index >= 15 is 0 Å². The van der Waals surface area contributed by atoms with E-state index in [9.17, 15) is 4.79 Å². The number of methoxy groups -OCH3 is 1. The Morgan fingerprint density at radius 2 is 1.96 bits per heavy atom. The predicted octanol–water partition coefficient (Wildman–Crippen LogP) is 3.89. The minimum Gasteiger partial charge on any atom is -0.493 e. The molecule has 0 saturated carbocycles. The molecule has 0 heterocycles. The molecule has 2 aromatic carbocycles. The Kier molecular flexibility index (Phi) is 7.01. The highest BCUT2D eigenvalue weighted by atomic mass is 16.5. The zero-order valence-electron chi connectivity index (χ0n) is 16.2. The van der Waals surface area contributed by atoms with Gasteiger partial charge in [-0.1, -0.05) is 29.8 Å². The van der Waals surface area contributed by atoms with Gasteiger partial charge in [-0.2, -0.15) is 5.26 Å². The van der Waals surface area contributed by atoms with E-state index in [1.54, 1.807) is 30.2 Å². The monoisotopic (exact) mass is 364 g/mol. The highest BCUT2D eigenvalue weighted by Gasteiger charge is 2.09.